The Kier molecular flexibility index (Phi) is 2.43. The molecule has 98 valence electrons. The molecule has 2 nitrogen and oxygen atoms in total. The average Bonchev–Trinajstić information content (AvgIpc) is 2.81. The smallest absolute Gasteiger partial charge is 0.0497 e. The second kappa shape index (κ2) is 4.27. The van der Waals surface area contributed by atoms with Crippen molar-refractivity contribution in [2.45, 2.75) is 12.3 Å². The first-order valence-electron chi connectivity index (χ1n) is 6.96. The van der Waals surface area contributed by atoms with Gasteiger partial charge in [-0.25, -0.2) is 0 Å². The molecule has 1 aliphatic carbocycles. The molecule has 2 N–H and O–H groups in total. The van der Waals surface area contributed by atoms with Crippen molar-refractivity contribution in [2.24, 2.45) is 5.73 Å². The zero-order valence-corrected chi connectivity index (χ0v) is 11.2. The van der Waals surface area contributed by atoms with Crippen LogP contribution in [0.2, 0.25) is 0 Å². The van der Waals surface area contributed by atoms with Crippen LogP contribution < -0.4 is 10.6 Å². The molecule has 2 heteroatoms. The molecule has 0 spiro atoms. The minimum atomic E-state index is 0.429. The van der Waals surface area contributed by atoms with Crippen LogP contribution >= 0.6 is 0 Å². The van der Waals surface area contributed by atoms with Gasteiger partial charge in [-0.1, -0.05) is 42.5 Å². The lowest BCUT2D eigenvalue weighted by Gasteiger charge is -2.25. The molecule has 4 rings (SSSR count). The summed E-state index contributed by atoms with van der Waals surface area (Å²) >= 11 is 0. The highest BCUT2D eigenvalue weighted by atomic mass is 15.2. The van der Waals surface area contributed by atoms with Gasteiger partial charge in [-0.2, -0.15) is 0 Å². The molecule has 1 heterocycles. The lowest BCUT2D eigenvalue weighted by Crippen LogP contribution is -2.17. The van der Waals surface area contributed by atoms with Gasteiger partial charge in [-0.3, -0.25) is 0 Å². The van der Waals surface area contributed by atoms with Crippen LogP contribution in [0.15, 0.2) is 78.1 Å². The predicted molar refractivity (Wildman–Crippen MR) is 82.7 cm³/mol. The minimum Gasteiger partial charge on any atom is -0.399 e. The lowest BCUT2D eigenvalue weighted by molar-refractivity contribution is 0.808. The summed E-state index contributed by atoms with van der Waals surface area (Å²) in [6, 6.07) is 19.1. The normalized spacial score (nSPS) is 20.0. The largest absolute Gasteiger partial charge is 0.399 e. The molecule has 2 aromatic carbocycles. The maximum Gasteiger partial charge on any atom is 0.0497 e. The molecule has 0 saturated heterocycles. The summed E-state index contributed by atoms with van der Waals surface area (Å²) in [5.74, 6) is 0.429. The van der Waals surface area contributed by atoms with Crippen LogP contribution in [0.4, 0.5) is 11.4 Å². The molecule has 0 unspecified atom stereocenters. The van der Waals surface area contributed by atoms with Crippen molar-refractivity contribution in [3.8, 4) is 0 Å². The zero-order chi connectivity index (χ0) is 13.5. The summed E-state index contributed by atoms with van der Waals surface area (Å²) < 4.78 is 0. The van der Waals surface area contributed by atoms with Gasteiger partial charge in [0, 0.05) is 28.7 Å². The standard InChI is InChI=1S/C18H16N2/c19-13-10-11-16-15-8-4-5-9-17(15)20(18(16)12-13)14-6-2-1-3-7-14/h1-10,12,16H,11,19H2/t16-/m0/s1. The summed E-state index contributed by atoms with van der Waals surface area (Å²) in [6.07, 6.45) is 5.22. The van der Waals surface area contributed by atoms with Crippen molar-refractivity contribution in [1.29, 1.82) is 0 Å². The van der Waals surface area contributed by atoms with Crippen LogP contribution in [0, 0.1) is 0 Å². The number of hydrogen-bond donors (Lipinski definition) is 1. The van der Waals surface area contributed by atoms with Gasteiger partial charge in [-0.15, -0.1) is 0 Å². The van der Waals surface area contributed by atoms with E-state index in [0.717, 1.165) is 12.1 Å². The molecule has 1 aliphatic heterocycles. The third kappa shape index (κ3) is 1.58. The van der Waals surface area contributed by atoms with Gasteiger partial charge in [0.2, 0.25) is 0 Å². The van der Waals surface area contributed by atoms with Gasteiger partial charge in [0.15, 0.2) is 0 Å². The number of hydrogen-bond acceptors (Lipinski definition) is 2. The molecule has 0 amide bonds. The maximum atomic E-state index is 6.02. The summed E-state index contributed by atoms with van der Waals surface area (Å²) in [7, 11) is 0. The second-order valence-corrected chi connectivity index (χ2v) is 5.29. The SMILES string of the molecule is NC1=CC[C@@H]2C(=C1)N(c1ccccc1)c1ccccc12. The first-order chi connectivity index (χ1) is 9.84. The number of nitrogens with two attached hydrogens (primary N) is 1. The first kappa shape index (κ1) is 11.4. The lowest BCUT2D eigenvalue weighted by atomic mass is 9.91. The summed E-state index contributed by atoms with van der Waals surface area (Å²) in [6.45, 7) is 0. The molecule has 1 atom stereocenters. The molecule has 0 bridgehead atoms. The van der Waals surface area contributed by atoms with Crippen molar-refractivity contribution in [3.05, 3.63) is 83.7 Å². The topological polar surface area (TPSA) is 29.3 Å². The number of nitrogens with zero attached hydrogens (tertiary/aromatic N) is 1. The van der Waals surface area contributed by atoms with Crippen molar-refractivity contribution < 1.29 is 0 Å². The Bertz CT molecular complexity index is 713. The van der Waals surface area contributed by atoms with Crippen LogP contribution in [0.5, 0.6) is 0 Å². The quantitative estimate of drug-likeness (QED) is 0.838. The fraction of sp³-hybridized carbons (Fsp3) is 0.111. The van der Waals surface area contributed by atoms with E-state index in [9.17, 15) is 0 Å². The first-order valence-corrected chi connectivity index (χ1v) is 6.96. The molecule has 0 fully saturated rings. The van der Waals surface area contributed by atoms with E-state index >= 15 is 0 Å². The average molecular weight is 260 g/mol. The van der Waals surface area contributed by atoms with E-state index < -0.39 is 0 Å². The molecule has 2 aliphatic rings. The molecule has 0 saturated carbocycles. The van der Waals surface area contributed by atoms with E-state index in [-0.39, 0.29) is 0 Å². The van der Waals surface area contributed by atoms with Crippen LogP contribution in [-0.4, -0.2) is 0 Å². The van der Waals surface area contributed by atoms with Gasteiger partial charge < -0.3 is 10.6 Å². The Labute approximate surface area is 118 Å². The van der Waals surface area contributed by atoms with Gasteiger partial charge in [-0.05, 0) is 36.3 Å². The minimum absolute atomic E-state index is 0.429. The monoisotopic (exact) mass is 260 g/mol. The zero-order valence-electron chi connectivity index (χ0n) is 11.2. The Morgan fingerprint density at radius 3 is 2.55 bits per heavy atom. The van der Waals surface area contributed by atoms with E-state index in [4.69, 9.17) is 5.73 Å². The third-order valence-electron chi connectivity index (χ3n) is 4.09. The fourth-order valence-corrected chi connectivity index (χ4v) is 3.20. The number of anilines is 2. The van der Waals surface area contributed by atoms with Gasteiger partial charge in [0.25, 0.3) is 0 Å². The van der Waals surface area contributed by atoms with E-state index in [1.807, 2.05) is 6.07 Å². The highest BCUT2D eigenvalue weighted by Crippen LogP contribution is 2.50. The molecular weight excluding hydrogens is 244 g/mol. The predicted octanol–water partition coefficient (Wildman–Crippen LogP) is 4.05. The Hall–Kier alpha value is -2.48. The van der Waals surface area contributed by atoms with Crippen molar-refractivity contribution in [2.75, 3.05) is 4.90 Å². The molecule has 0 aromatic heterocycles. The number of rotatable bonds is 1. The summed E-state index contributed by atoms with van der Waals surface area (Å²) in [5, 5.41) is 0. The van der Waals surface area contributed by atoms with E-state index in [0.29, 0.717) is 5.92 Å². The highest BCUT2D eigenvalue weighted by Gasteiger charge is 2.34. The fourth-order valence-electron chi connectivity index (χ4n) is 3.20. The Balaban J connectivity index is 1.93. The Morgan fingerprint density at radius 2 is 1.70 bits per heavy atom. The van der Waals surface area contributed by atoms with E-state index in [1.165, 1.54) is 22.6 Å². The highest BCUT2D eigenvalue weighted by molar-refractivity contribution is 5.78. The molecular formula is C18H16N2. The summed E-state index contributed by atoms with van der Waals surface area (Å²) in [4.78, 5) is 2.33. The molecule has 2 aromatic rings. The number of benzene rings is 2. The number of allylic oxidation sites excluding steroid dienone is 3. The van der Waals surface area contributed by atoms with Gasteiger partial charge in [0.1, 0.15) is 0 Å². The van der Waals surface area contributed by atoms with Crippen molar-refractivity contribution >= 4 is 11.4 Å². The van der Waals surface area contributed by atoms with Crippen LogP contribution in [0.1, 0.15) is 17.9 Å². The summed E-state index contributed by atoms with van der Waals surface area (Å²) in [5.41, 5.74) is 12.0. The van der Waals surface area contributed by atoms with Crippen LogP contribution in [-0.2, 0) is 0 Å². The van der Waals surface area contributed by atoms with E-state index in [1.54, 1.807) is 0 Å². The molecule has 20 heavy (non-hydrogen) atoms. The van der Waals surface area contributed by atoms with Crippen LogP contribution in [0.25, 0.3) is 0 Å². The van der Waals surface area contributed by atoms with Crippen LogP contribution in [0.3, 0.4) is 0 Å². The third-order valence-corrected chi connectivity index (χ3v) is 4.09. The maximum absolute atomic E-state index is 6.02. The molecule has 0 radical (unpaired) electrons. The van der Waals surface area contributed by atoms with Crippen molar-refractivity contribution in [1.82, 2.24) is 0 Å². The van der Waals surface area contributed by atoms with E-state index in [2.05, 4.69) is 65.6 Å². The second-order valence-electron chi connectivity index (χ2n) is 5.29. The van der Waals surface area contributed by atoms with Crippen molar-refractivity contribution in [3.63, 3.8) is 0 Å². The number of fused-ring (bicyclic) bond motifs is 3. The van der Waals surface area contributed by atoms with Gasteiger partial charge in [0.05, 0.1) is 0 Å². The Morgan fingerprint density at radius 1 is 0.950 bits per heavy atom. The number of para-hydroxylation sites is 2. The van der Waals surface area contributed by atoms with Gasteiger partial charge >= 0.3 is 0 Å².